The smallest absolute Gasteiger partial charge is 0.321 e. The zero-order chi connectivity index (χ0) is 42.2. The first-order valence-electron chi connectivity index (χ1n) is 21.5. The SMILES string of the molecule is COCOc1cc(Oc2nc3nc(OC[C@@]45CCCN4C[C@H](F)C5)nc(OCc4ccccc4)c3n2C2CCC2)c2c(C#C[Si](C(C)C)(C(C)C)C(C)C)c(F)ccc2c1. The lowest BCUT2D eigenvalue weighted by Gasteiger charge is -2.38. The molecular formula is C47H57F2N5O5Si. The van der Waals surface area contributed by atoms with Crippen LogP contribution in [0.1, 0.15) is 97.2 Å². The maximum absolute atomic E-state index is 16.3. The van der Waals surface area contributed by atoms with E-state index in [1.165, 1.54) is 6.07 Å². The summed E-state index contributed by atoms with van der Waals surface area (Å²) in [4.78, 5) is 16.9. The van der Waals surface area contributed by atoms with Gasteiger partial charge in [0.2, 0.25) is 5.88 Å². The summed E-state index contributed by atoms with van der Waals surface area (Å²) in [5, 5.41) is 1.23. The van der Waals surface area contributed by atoms with Crippen molar-refractivity contribution in [3.8, 4) is 40.9 Å². The lowest BCUT2D eigenvalue weighted by Crippen LogP contribution is -2.43. The molecule has 3 aliphatic rings. The number of alkyl halides is 1. The van der Waals surface area contributed by atoms with Gasteiger partial charge in [-0.25, -0.2) is 8.78 Å². The molecule has 1 saturated carbocycles. The molecule has 2 aliphatic heterocycles. The summed E-state index contributed by atoms with van der Waals surface area (Å²) < 4.78 is 64.0. The van der Waals surface area contributed by atoms with Gasteiger partial charge in [0.05, 0.1) is 11.1 Å². The third kappa shape index (κ3) is 7.94. The number of rotatable bonds is 15. The van der Waals surface area contributed by atoms with E-state index in [4.69, 9.17) is 38.6 Å². The number of nitrogens with zero attached hydrogens (tertiary/aromatic N) is 5. The van der Waals surface area contributed by atoms with Crippen LogP contribution in [-0.4, -0.2) is 77.8 Å². The molecule has 10 nitrogen and oxygen atoms in total. The first-order chi connectivity index (χ1) is 28.9. The Balaban J connectivity index is 1.27. The molecule has 0 unspecified atom stereocenters. The molecule has 318 valence electrons. The minimum absolute atomic E-state index is 0.0101. The van der Waals surface area contributed by atoms with Crippen LogP contribution in [0.2, 0.25) is 16.6 Å². The van der Waals surface area contributed by atoms with Crippen LogP contribution in [0.4, 0.5) is 8.78 Å². The Morgan fingerprint density at radius 1 is 0.917 bits per heavy atom. The van der Waals surface area contributed by atoms with Crippen LogP contribution in [0, 0.1) is 17.3 Å². The van der Waals surface area contributed by atoms with Crippen molar-refractivity contribution >= 4 is 30.0 Å². The highest BCUT2D eigenvalue weighted by molar-refractivity contribution is 6.90. The van der Waals surface area contributed by atoms with E-state index in [0.29, 0.717) is 68.9 Å². The number of hydrogen-bond acceptors (Lipinski definition) is 9. The maximum Gasteiger partial charge on any atom is 0.321 e. The molecule has 5 aromatic rings. The fraction of sp³-hybridized carbons (Fsp3) is 0.511. The standard InChI is InChI=1S/C47H57F2N5O5Si/c1-30(2)60(31(3)4,32(5)6)22-19-38-39(49)18-17-34-23-37(58-29-55-7)24-40(41(34)38)59-46-51-43-42(54(46)36-15-11-16-36)44(56-27-33-13-9-8-10-14-33)52-45(50-43)57-28-47-20-12-21-53(47)26-35(48)25-47/h8-10,13-14,17-18,23-24,30-32,35-36H,11-12,15-16,20-21,25-29H2,1-7H3/t35-,47+/m1/s1. The molecule has 13 heteroatoms. The molecule has 0 radical (unpaired) electrons. The summed E-state index contributed by atoms with van der Waals surface area (Å²) in [6, 6.07) is 17.0. The summed E-state index contributed by atoms with van der Waals surface area (Å²) in [5.41, 5.74) is 6.57. The van der Waals surface area contributed by atoms with Crippen molar-refractivity contribution in [2.75, 3.05) is 33.6 Å². The molecule has 0 N–H and O–H groups in total. The van der Waals surface area contributed by atoms with E-state index in [1.54, 1.807) is 19.2 Å². The molecule has 3 fully saturated rings. The summed E-state index contributed by atoms with van der Waals surface area (Å²) >= 11 is 0. The van der Waals surface area contributed by atoms with Crippen LogP contribution >= 0.6 is 0 Å². The van der Waals surface area contributed by atoms with Gasteiger partial charge in [-0.3, -0.25) is 9.47 Å². The van der Waals surface area contributed by atoms with Crippen molar-refractivity contribution in [2.24, 2.45) is 0 Å². The summed E-state index contributed by atoms with van der Waals surface area (Å²) in [6.07, 6.45) is 4.18. The molecule has 3 aromatic carbocycles. The van der Waals surface area contributed by atoms with Gasteiger partial charge in [0, 0.05) is 37.6 Å². The highest BCUT2D eigenvalue weighted by Crippen LogP contribution is 2.46. The zero-order valence-electron chi connectivity index (χ0n) is 35.9. The van der Waals surface area contributed by atoms with Crippen molar-refractivity contribution < 1.29 is 32.5 Å². The van der Waals surface area contributed by atoms with Crippen molar-refractivity contribution in [3.63, 3.8) is 0 Å². The fourth-order valence-electron chi connectivity index (χ4n) is 10.0. The van der Waals surface area contributed by atoms with Crippen LogP contribution in [-0.2, 0) is 11.3 Å². The number of ether oxygens (including phenoxy) is 5. The number of hydrogen-bond donors (Lipinski definition) is 0. The Bertz CT molecular complexity index is 2370. The first kappa shape index (κ1) is 41.9. The Morgan fingerprint density at radius 3 is 2.38 bits per heavy atom. The molecule has 0 spiro atoms. The summed E-state index contributed by atoms with van der Waals surface area (Å²) in [7, 11) is -0.686. The minimum Gasteiger partial charge on any atom is -0.471 e. The molecule has 1 aliphatic carbocycles. The number of fused-ring (bicyclic) bond motifs is 3. The highest BCUT2D eigenvalue weighted by atomic mass is 28.3. The molecule has 60 heavy (non-hydrogen) atoms. The van der Waals surface area contributed by atoms with E-state index in [1.807, 2.05) is 41.0 Å². The van der Waals surface area contributed by atoms with Crippen molar-refractivity contribution in [1.29, 1.82) is 0 Å². The summed E-state index contributed by atoms with van der Waals surface area (Å²) in [5.74, 6) is 4.10. The molecule has 2 aromatic heterocycles. The molecule has 4 heterocycles. The number of imidazole rings is 1. The second kappa shape index (κ2) is 17.3. The molecular weight excluding hydrogens is 781 g/mol. The lowest BCUT2D eigenvalue weighted by atomic mass is 9.93. The average molecular weight is 838 g/mol. The van der Waals surface area contributed by atoms with Crippen molar-refractivity contribution in [2.45, 2.75) is 121 Å². The van der Waals surface area contributed by atoms with Crippen LogP contribution in [0.25, 0.3) is 21.9 Å². The van der Waals surface area contributed by atoms with Gasteiger partial charge in [0.15, 0.2) is 18.0 Å². The van der Waals surface area contributed by atoms with Gasteiger partial charge in [-0.1, -0.05) is 83.9 Å². The van der Waals surface area contributed by atoms with Gasteiger partial charge in [-0.05, 0) is 78.4 Å². The maximum atomic E-state index is 16.3. The van der Waals surface area contributed by atoms with E-state index in [2.05, 4.69) is 57.9 Å². The summed E-state index contributed by atoms with van der Waals surface area (Å²) in [6.45, 7) is 15.2. The lowest BCUT2D eigenvalue weighted by molar-refractivity contribution is 0.0511. The molecule has 2 atom stereocenters. The quantitative estimate of drug-likeness (QED) is 0.0580. The van der Waals surface area contributed by atoms with Crippen LogP contribution in [0.15, 0.2) is 54.6 Å². The van der Waals surface area contributed by atoms with Crippen LogP contribution in [0.5, 0.6) is 29.4 Å². The third-order valence-corrected chi connectivity index (χ3v) is 19.5. The van der Waals surface area contributed by atoms with Gasteiger partial charge in [0.25, 0.3) is 0 Å². The molecule has 2 saturated heterocycles. The minimum atomic E-state index is -2.24. The second-order valence-corrected chi connectivity index (χ2v) is 23.3. The monoisotopic (exact) mass is 837 g/mol. The van der Waals surface area contributed by atoms with Gasteiger partial charge in [-0.15, -0.1) is 5.54 Å². The number of methoxy groups -OCH3 is 1. The van der Waals surface area contributed by atoms with Crippen LogP contribution < -0.4 is 18.9 Å². The average Bonchev–Trinajstić information content (AvgIpc) is 3.85. The van der Waals surface area contributed by atoms with Gasteiger partial charge in [-0.2, -0.15) is 15.0 Å². The third-order valence-electron chi connectivity index (χ3n) is 13.2. The van der Waals surface area contributed by atoms with Crippen molar-refractivity contribution in [1.82, 2.24) is 24.4 Å². The predicted molar refractivity (Wildman–Crippen MR) is 232 cm³/mol. The largest absolute Gasteiger partial charge is 0.471 e. The van der Waals surface area contributed by atoms with Gasteiger partial charge < -0.3 is 23.7 Å². The normalized spacial score (nSPS) is 19.6. The van der Waals surface area contributed by atoms with E-state index in [-0.39, 0.29) is 43.6 Å². The fourth-order valence-corrected chi connectivity index (χ4v) is 15.2. The predicted octanol–water partition coefficient (Wildman–Crippen LogP) is 10.7. The van der Waals surface area contributed by atoms with Gasteiger partial charge >= 0.3 is 12.0 Å². The Kier molecular flexibility index (Phi) is 12.1. The Hall–Kier alpha value is -4.77. The first-order valence-corrected chi connectivity index (χ1v) is 23.7. The molecule has 0 amide bonds. The second-order valence-electron chi connectivity index (χ2n) is 17.7. The van der Waals surface area contributed by atoms with E-state index in [9.17, 15) is 4.39 Å². The van der Waals surface area contributed by atoms with Gasteiger partial charge in [0.1, 0.15) is 44.8 Å². The number of halogens is 2. The van der Waals surface area contributed by atoms with E-state index < -0.39 is 25.6 Å². The Labute approximate surface area is 352 Å². The van der Waals surface area contributed by atoms with E-state index in [0.717, 1.165) is 44.2 Å². The zero-order valence-corrected chi connectivity index (χ0v) is 36.9. The molecule has 0 bridgehead atoms. The highest BCUT2D eigenvalue weighted by Gasteiger charge is 2.49. The van der Waals surface area contributed by atoms with E-state index >= 15 is 4.39 Å². The topological polar surface area (TPSA) is 93.0 Å². The number of benzene rings is 3. The van der Waals surface area contributed by atoms with Crippen LogP contribution in [0.3, 0.4) is 0 Å². The number of aromatic nitrogens is 4. The Morgan fingerprint density at radius 2 is 1.68 bits per heavy atom. The van der Waals surface area contributed by atoms with Crippen molar-refractivity contribution in [3.05, 3.63) is 71.5 Å². The molecule has 8 rings (SSSR count).